The van der Waals surface area contributed by atoms with Crippen molar-refractivity contribution < 1.29 is 23.4 Å². The zero-order valence-corrected chi connectivity index (χ0v) is 9.55. The molecule has 0 aromatic heterocycles. The zero-order chi connectivity index (χ0) is 12.3. The van der Waals surface area contributed by atoms with Crippen molar-refractivity contribution in [3.63, 3.8) is 0 Å². The molecule has 0 atom stereocenters. The van der Waals surface area contributed by atoms with E-state index in [1.807, 2.05) is 0 Å². The van der Waals surface area contributed by atoms with Gasteiger partial charge in [-0.15, -0.1) is 0 Å². The lowest BCUT2D eigenvalue weighted by atomic mass is 10.3. The highest BCUT2D eigenvalue weighted by molar-refractivity contribution is 9.10. The number of benzene rings is 1. The molecule has 0 amide bonds. The van der Waals surface area contributed by atoms with Gasteiger partial charge in [-0.25, -0.2) is 13.6 Å². The summed E-state index contributed by atoms with van der Waals surface area (Å²) >= 11 is 2.90. The molecule has 0 fully saturated rings. The molecule has 1 rings (SSSR count). The van der Waals surface area contributed by atoms with E-state index in [1.165, 1.54) is 0 Å². The van der Waals surface area contributed by atoms with Crippen molar-refractivity contribution in [3.05, 3.63) is 40.4 Å². The van der Waals surface area contributed by atoms with Crippen LogP contribution in [0.1, 0.15) is 0 Å². The van der Waals surface area contributed by atoms with Gasteiger partial charge in [-0.1, -0.05) is 6.58 Å². The van der Waals surface area contributed by atoms with Crippen molar-refractivity contribution in [1.82, 2.24) is 0 Å². The van der Waals surface area contributed by atoms with Gasteiger partial charge in [-0.3, -0.25) is 0 Å². The molecule has 1 N–H and O–H groups in total. The van der Waals surface area contributed by atoms with Gasteiger partial charge in [0.15, 0.2) is 11.6 Å². The normalized spacial score (nSPS) is 9.94. The largest absolute Gasteiger partial charge is 0.484 e. The van der Waals surface area contributed by atoms with Crippen LogP contribution in [0.4, 0.5) is 8.78 Å². The molecule has 6 heteroatoms. The van der Waals surface area contributed by atoms with Crippen LogP contribution in [0.25, 0.3) is 0 Å². The van der Waals surface area contributed by atoms with E-state index in [0.29, 0.717) is 6.07 Å². The van der Waals surface area contributed by atoms with Gasteiger partial charge in [0.25, 0.3) is 0 Å². The Bertz CT molecular complexity index is 423. The van der Waals surface area contributed by atoms with Gasteiger partial charge in [0, 0.05) is 6.07 Å². The first-order chi connectivity index (χ1) is 7.41. The molecule has 3 nitrogen and oxygen atoms in total. The third-order valence-electron chi connectivity index (χ3n) is 1.66. The van der Waals surface area contributed by atoms with Crippen molar-refractivity contribution in [2.75, 3.05) is 6.61 Å². The molecule has 0 saturated heterocycles. The highest BCUT2D eigenvalue weighted by atomic mass is 79.9. The second-order valence-corrected chi connectivity index (χ2v) is 3.75. The third-order valence-corrected chi connectivity index (χ3v) is 2.25. The number of halogens is 3. The molecule has 0 aliphatic heterocycles. The van der Waals surface area contributed by atoms with Gasteiger partial charge in [-0.2, -0.15) is 0 Å². The maximum Gasteiger partial charge on any atom is 0.334 e. The summed E-state index contributed by atoms with van der Waals surface area (Å²) in [5.74, 6) is -3.15. The smallest absolute Gasteiger partial charge is 0.334 e. The predicted molar refractivity (Wildman–Crippen MR) is 56.3 cm³/mol. The van der Waals surface area contributed by atoms with E-state index in [1.54, 1.807) is 0 Å². The molecule has 0 heterocycles. The van der Waals surface area contributed by atoms with Crippen LogP contribution in [-0.2, 0) is 4.79 Å². The molecule has 1 aromatic rings. The second kappa shape index (κ2) is 5.07. The lowest BCUT2D eigenvalue weighted by molar-refractivity contribution is -0.133. The summed E-state index contributed by atoms with van der Waals surface area (Å²) in [6.07, 6.45) is 0. The summed E-state index contributed by atoms with van der Waals surface area (Å²) in [4.78, 5) is 10.4. The van der Waals surface area contributed by atoms with Gasteiger partial charge in [0.1, 0.15) is 12.4 Å². The van der Waals surface area contributed by atoms with Gasteiger partial charge >= 0.3 is 5.97 Å². The fraction of sp³-hybridized carbons (Fsp3) is 0.100. The van der Waals surface area contributed by atoms with E-state index >= 15 is 0 Å². The zero-order valence-electron chi connectivity index (χ0n) is 7.97. The van der Waals surface area contributed by atoms with Crippen molar-refractivity contribution in [2.24, 2.45) is 0 Å². The third kappa shape index (κ3) is 3.03. The maximum atomic E-state index is 13.2. The number of carboxylic acids is 1. The fourth-order valence-electron chi connectivity index (χ4n) is 0.888. The Morgan fingerprint density at radius 2 is 2.12 bits per heavy atom. The summed E-state index contributed by atoms with van der Waals surface area (Å²) in [6, 6.07) is 1.66. The average Bonchev–Trinajstić information content (AvgIpc) is 2.15. The van der Waals surface area contributed by atoms with Gasteiger partial charge in [-0.05, 0) is 22.0 Å². The van der Waals surface area contributed by atoms with Crippen LogP contribution in [-0.4, -0.2) is 17.7 Å². The Morgan fingerprint density at radius 1 is 1.50 bits per heavy atom. The quantitative estimate of drug-likeness (QED) is 0.868. The van der Waals surface area contributed by atoms with Gasteiger partial charge < -0.3 is 9.84 Å². The van der Waals surface area contributed by atoms with Crippen molar-refractivity contribution in [3.8, 4) is 5.75 Å². The molecule has 1 aromatic carbocycles. The number of aliphatic carboxylic acids is 1. The first-order valence-electron chi connectivity index (χ1n) is 4.10. The van der Waals surface area contributed by atoms with Crippen molar-refractivity contribution >= 4 is 21.9 Å². The summed E-state index contributed by atoms with van der Waals surface area (Å²) in [7, 11) is 0. The lowest BCUT2D eigenvalue weighted by Crippen LogP contribution is -2.10. The van der Waals surface area contributed by atoms with Crippen LogP contribution in [0.5, 0.6) is 5.75 Å². The fourth-order valence-corrected chi connectivity index (χ4v) is 1.41. The molecular weight excluding hydrogens is 286 g/mol. The van der Waals surface area contributed by atoms with Crippen LogP contribution < -0.4 is 4.74 Å². The summed E-state index contributed by atoms with van der Waals surface area (Å²) in [6.45, 7) is 2.83. The number of hydrogen-bond acceptors (Lipinski definition) is 2. The average molecular weight is 293 g/mol. The molecule has 0 aliphatic carbocycles. The number of rotatable bonds is 4. The Balaban J connectivity index is 2.82. The van der Waals surface area contributed by atoms with Gasteiger partial charge in [0.2, 0.25) is 0 Å². The monoisotopic (exact) mass is 292 g/mol. The minimum Gasteiger partial charge on any atom is -0.484 e. The molecule has 0 unspecified atom stereocenters. The molecule has 86 valence electrons. The molecule has 0 saturated carbocycles. The van der Waals surface area contributed by atoms with Gasteiger partial charge in [0.05, 0.1) is 10.0 Å². The standard InChI is InChI=1S/C10H7BrF2O3/c1-5(10(14)15)4-16-9-7(11)2-6(12)3-8(9)13/h2-3H,1,4H2,(H,14,15). The molecule has 0 bridgehead atoms. The summed E-state index contributed by atoms with van der Waals surface area (Å²) < 4.78 is 30.8. The van der Waals surface area contributed by atoms with E-state index in [0.717, 1.165) is 6.07 Å². The first-order valence-corrected chi connectivity index (χ1v) is 4.89. The van der Waals surface area contributed by atoms with E-state index < -0.39 is 17.6 Å². The first kappa shape index (κ1) is 12.6. The SMILES string of the molecule is C=C(COc1c(F)cc(F)cc1Br)C(=O)O. The maximum absolute atomic E-state index is 13.2. The predicted octanol–water partition coefficient (Wildman–Crippen LogP) is 2.75. The summed E-state index contributed by atoms with van der Waals surface area (Å²) in [5, 5.41) is 8.50. The lowest BCUT2D eigenvalue weighted by Gasteiger charge is -2.09. The van der Waals surface area contributed by atoms with Crippen LogP contribution in [0.2, 0.25) is 0 Å². The number of hydrogen-bond donors (Lipinski definition) is 1. The number of carbonyl (C=O) groups is 1. The number of ether oxygens (including phenoxy) is 1. The molecule has 0 radical (unpaired) electrons. The van der Waals surface area contributed by atoms with Crippen LogP contribution in [0.3, 0.4) is 0 Å². The topological polar surface area (TPSA) is 46.5 Å². The Labute approximate surface area is 98.5 Å². The minimum atomic E-state index is -1.24. The Hall–Kier alpha value is -1.43. The highest BCUT2D eigenvalue weighted by Gasteiger charge is 2.13. The minimum absolute atomic E-state index is 0.0724. The van der Waals surface area contributed by atoms with E-state index in [-0.39, 0.29) is 22.4 Å². The van der Waals surface area contributed by atoms with E-state index in [2.05, 4.69) is 22.5 Å². The van der Waals surface area contributed by atoms with Crippen LogP contribution >= 0.6 is 15.9 Å². The van der Waals surface area contributed by atoms with Crippen LogP contribution in [0, 0.1) is 11.6 Å². The molecular formula is C10H7BrF2O3. The molecule has 0 spiro atoms. The van der Waals surface area contributed by atoms with Crippen molar-refractivity contribution in [1.29, 1.82) is 0 Å². The van der Waals surface area contributed by atoms with E-state index in [9.17, 15) is 13.6 Å². The summed E-state index contributed by atoms with van der Waals surface area (Å²) in [5.41, 5.74) is -0.226. The Morgan fingerprint density at radius 3 is 2.62 bits per heavy atom. The van der Waals surface area contributed by atoms with E-state index in [4.69, 9.17) is 9.84 Å². The Kier molecular flexibility index (Phi) is 4.00. The van der Waals surface area contributed by atoms with Crippen molar-refractivity contribution in [2.45, 2.75) is 0 Å². The molecule has 16 heavy (non-hydrogen) atoms. The second-order valence-electron chi connectivity index (χ2n) is 2.90. The molecule has 0 aliphatic rings. The van der Waals surface area contributed by atoms with Crippen LogP contribution in [0.15, 0.2) is 28.8 Å². The number of carboxylic acid groups (broad SMARTS) is 1. The highest BCUT2D eigenvalue weighted by Crippen LogP contribution is 2.29.